The van der Waals surface area contributed by atoms with Crippen LogP contribution in [0, 0.1) is 12.8 Å². The molecule has 1 aliphatic heterocycles. The van der Waals surface area contributed by atoms with Crippen molar-refractivity contribution < 1.29 is 19.1 Å². The van der Waals surface area contributed by atoms with Crippen LogP contribution in [0.25, 0.3) is 0 Å². The molecule has 0 aromatic heterocycles. The average Bonchev–Trinajstić information content (AvgIpc) is 3.13. The van der Waals surface area contributed by atoms with Gasteiger partial charge in [0.1, 0.15) is 11.6 Å². The van der Waals surface area contributed by atoms with E-state index < -0.39 is 17.7 Å². The summed E-state index contributed by atoms with van der Waals surface area (Å²) >= 11 is 0. The van der Waals surface area contributed by atoms with Gasteiger partial charge >= 0.3 is 6.09 Å². The fourth-order valence-corrected chi connectivity index (χ4v) is 3.32. The molecule has 7 nitrogen and oxygen atoms in total. The van der Waals surface area contributed by atoms with Gasteiger partial charge in [0.15, 0.2) is 0 Å². The van der Waals surface area contributed by atoms with Gasteiger partial charge in [-0.1, -0.05) is 31.5 Å². The normalized spacial score (nSPS) is 17.6. The summed E-state index contributed by atoms with van der Waals surface area (Å²) in [5.41, 5.74) is 1.07. The van der Waals surface area contributed by atoms with E-state index in [0.29, 0.717) is 25.1 Å². The summed E-state index contributed by atoms with van der Waals surface area (Å²) in [5, 5.41) is 5.92. The zero-order valence-electron chi connectivity index (χ0n) is 19.0. The van der Waals surface area contributed by atoms with Crippen LogP contribution in [0.2, 0.25) is 0 Å². The standard InChI is InChI=1S/C23H35N3O4/c1-15(2)18(25-20(27)17-11-9-16(3)10-12-17)14-24-21(28)19-8-7-13-26(19)22(29)30-23(4,5)6/h9-12,15,18-19H,7-8,13-14H2,1-6H3,(H,24,28)(H,25,27)/t18-,19-/m0/s1. The van der Waals surface area contributed by atoms with Gasteiger partial charge in [-0.15, -0.1) is 0 Å². The predicted molar refractivity (Wildman–Crippen MR) is 116 cm³/mol. The Kier molecular flexibility index (Phi) is 7.87. The summed E-state index contributed by atoms with van der Waals surface area (Å²) in [5.74, 6) is -0.252. The number of likely N-dealkylation sites (tertiary alicyclic amines) is 1. The Morgan fingerprint density at radius 2 is 1.80 bits per heavy atom. The van der Waals surface area contributed by atoms with Gasteiger partial charge < -0.3 is 15.4 Å². The van der Waals surface area contributed by atoms with E-state index in [2.05, 4.69) is 10.6 Å². The van der Waals surface area contributed by atoms with Crippen molar-refractivity contribution >= 4 is 17.9 Å². The second-order valence-corrected chi connectivity index (χ2v) is 9.27. The molecule has 0 aliphatic carbocycles. The third-order valence-corrected chi connectivity index (χ3v) is 5.11. The first-order chi connectivity index (χ1) is 14.0. The van der Waals surface area contributed by atoms with Crippen molar-refractivity contribution in [1.82, 2.24) is 15.5 Å². The molecule has 1 aromatic carbocycles. The Morgan fingerprint density at radius 3 is 2.37 bits per heavy atom. The molecule has 7 heteroatoms. The number of hydrogen-bond acceptors (Lipinski definition) is 4. The monoisotopic (exact) mass is 417 g/mol. The molecule has 0 bridgehead atoms. The number of ether oxygens (including phenoxy) is 1. The lowest BCUT2D eigenvalue weighted by molar-refractivity contribution is -0.125. The maximum atomic E-state index is 12.8. The lowest BCUT2D eigenvalue weighted by Gasteiger charge is -2.29. The van der Waals surface area contributed by atoms with Crippen LogP contribution in [-0.2, 0) is 9.53 Å². The Balaban J connectivity index is 1.95. The number of benzene rings is 1. The largest absolute Gasteiger partial charge is 0.444 e. The van der Waals surface area contributed by atoms with Crippen LogP contribution < -0.4 is 10.6 Å². The molecule has 0 radical (unpaired) electrons. The molecule has 1 aromatic rings. The third-order valence-electron chi connectivity index (χ3n) is 5.11. The molecular formula is C23H35N3O4. The van der Waals surface area contributed by atoms with Crippen molar-refractivity contribution in [1.29, 1.82) is 0 Å². The number of hydrogen-bond donors (Lipinski definition) is 2. The molecule has 166 valence electrons. The highest BCUT2D eigenvalue weighted by atomic mass is 16.6. The van der Waals surface area contributed by atoms with Crippen LogP contribution in [0.4, 0.5) is 4.79 Å². The molecule has 1 aliphatic rings. The second-order valence-electron chi connectivity index (χ2n) is 9.27. The van der Waals surface area contributed by atoms with E-state index in [4.69, 9.17) is 4.74 Å². The Morgan fingerprint density at radius 1 is 1.17 bits per heavy atom. The Hall–Kier alpha value is -2.57. The molecule has 1 saturated heterocycles. The minimum Gasteiger partial charge on any atom is -0.444 e. The van der Waals surface area contributed by atoms with Gasteiger partial charge in [-0.3, -0.25) is 14.5 Å². The summed E-state index contributed by atoms with van der Waals surface area (Å²) in [6.07, 6.45) is 0.899. The van der Waals surface area contributed by atoms with Crippen LogP contribution in [-0.4, -0.2) is 53.6 Å². The van der Waals surface area contributed by atoms with Gasteiger partial charge in [0.2, 0.25) is 5.91 Å². The number of rotatable bonds is 6. The summed E-state index contributed by atoms with van der Waals surface area (Å²) in [4.78, 5) is 39.2. The minimum atomic E-state index is -0.607. The minimum absolute atomic E-state index is 0.130. The molecule has 2 N–H and O–H groups in total. The molecule has 0 unspecified atom stereocenters. The van der Waals surface area contributed by atoms with E-state index in [0.717, 1.165) is 12.0 Å². The van der Waals surface area contributed by atoms with Gasteiger partial charge in [0.25, 0.3) is 5.91 Å². The van der Waals surface area contributed by atoms with Crippen LogP contribution in [0.15, 0.2) is 24.3 Å². The fourth-order valence-electron chi connectivity index (χ4n) is 3.32. The number of nitrogens with zero attached hydrogens (tertiary/aromatic N) is 1. The second kappa shape index (κ2) is 9.96. The van der Waals surface area contributed by atoms with Crippen molar-refractivity contribution in [3.8, 4) is 0 Å². The van der Waals surface area contributed by atoms with Crippen LogP contribution in [0.3, 0.4) is 0 Å². The molecule has 1 heterocycles. The van der Waals surface area contributed by atoms with Gasteiger partial charge in [-0.25, -0.2) is 4.79 Å². The van der Waals surface area contributed by atoms with Gasteiger partial charge in [-0.05, 0) is 58.6 Å². The first-order valence-electron chi connectivity index (χ1n) is 10.6. The first-order valence-corrected chi connectivity index (χ1v) is 10.6. The number of carbonyl (C=O) groups is 3. The van der Waals surface area contributed by atoms with Crippen molar-refractivity contribution in [3.63, 3.8) is 0 Å². The summed E-state index contributed by atoms with van der Waals surface area (Å²) < 4.78 is 5.43. The van der Waals surface area contributed by atoms with E-state index in [-0.39, 0.29) is 23.8 Å². The first kappa shape index (κ1) is 23.7. The van der Waals surface area contributed by atoms with Crippen molar-refractivity contribution in [2.24, 2.45) is 5.92 Å². The molecule has 1 fully saturated rings. The molecule has 0 spiro atoms. The number of aryl methyl sites for hydroxylation is 1. The Labute approximate surface area is 179 Å². The van der Waals surface area contributed by atoms with E-state index in [9.17, 15) is 14.4 Å². The highest BCUT2D eigenvalue weighted by Gasteiger charge is 2.36. The molecule has 30 heavy (non-hydrogen) atoms. The van der Waals surface area contributed by atoms with Crippen molar-refractivity contribution in [3.05, 3.63) is 35.4 Å². The van der Waals surface area contributed by atoms with Crippen molar-refractivity contribution in [2.45, 2.75) is 72.1 Å². The van der Waals surface area contributed by atoms with Crippen LogP contribution in [0.1, 0.15) is 63.4 Å². The maximum Gasteiger partial charge on any atom is 0.410 e. The molecular weight excluding hydrogens is 382 g/mol. The molecule has 0 saturated carbocycles. The van der Waals surface area contributed by atoms with E-state index >= 15 is 0 Å². The lowest BCUT2D eigenvalue weighted by Crippen LogP contribution is -2.52. The Bertz CT molecular complexity index is 753. The summed E-state index contributed by atoms with van der Waals surface area (Å²) in [6, 6.07) is 6.61. The summed E-state index contributed by atoms with van der Waals surface area (Å²) in [7, 11) is 0. The SMILES string of the molecule is Cc1ccc(C(=O)N[C@@H](CNC(=O)[C@@H]2CCCN2C(=O)OC(C)(C)C)C(C)C)cc1. The van der Waals surface area contributed by atoms with Gasteiger partial charge in [0, 0.05) is 24.7 Å². The predicted octanol–water partition coefficient (Wildman–Crippen LogP) is 3.27. The molecule has 2 atom stereocenters. The topological polar surface area (TPSA) is 87.7 Å². The highest BCUT2D eigenvalue weighted by Crippen LogP contribution is 2.21. The lowest BCUT2D eigenvalue weighted by atomic mass is 10.0. The molecule has 2 rings (SSSR count). The van der Waals surface area contributed by atoms with Gasteiger partial charge in [-0.2, -0.15) is 0 Å². The number of nitrogens with one attached hydrogen (secondary N) is 2. The fraction of sp³-hybridized carbons (Fsp3) is 0.609. The zero-order chi connectivity index (χ0) is 22.5. The maximum absolute atomic E-state index is 12.8. The zero-order valence-corrected chi connectivity index (χ0v) is 19.0. The smallest absolute Gasteiger partial charge is 0.410 e. The van der Waals surface area contributed by atoms with E-state index in [1.165, 1.54) is 4.90 Å². The van der Waals surface area contributed by atoms with Crippen molar-refractivity contribution in [2.75, 3.05) is 13.1 Å². The quantitative estimate of drug-likeness (QED) is 0.744. The average molecular weight is 418 g/mol. The van der Waals surface area contributed by atoms with Gasteiger partial charge in [0.05, 0.1) is 0 Å². The number of amides is 3. The van der Waals surface area contributed by atoms with E-state index in [1.807, 2.05) is 32.9 Å². The van der Waals surface area contributed by atoms with E-state index in [1.54, 1.807) is 32.9 Å². The molecule has 3 amide bonds. The number of carbonyl (C=O) groups excluding carboxylic acids is 3. The third kappa shape index (κ3) is 6.75. The van der Waals surface area contributed by atoms with Crippen LogP contribution in [0.5, 0.6) is 0 Å². The summed E-state index contributed by atoms with van der Waals surface area (Å²) in [6.45, 7) is 12.2. The van der Waals surface area contributed by atoms with Crippen LogP contribution >= 0.6 is 0 Å². The highest BCUT2D eigenvalue weighted by molar-refractivity contribution is 5.94.